The van der Waals surface area contributed by atoms with Gasteiger partial charge in [0.25, 0.3) is 11.8 Å². The van der Waals surface area contributed by atoms with Gasteiger partial charge in [-0.2, -0.15) is 4.90 Å². The Balaban J connectivity index is 3.00. The molecule has 0 bridgehead atoms. The molecule has 0 spiro atoms. The molecule has 1 heterocycles. The number of amides is 4. The lowest BCUT2D eigenvalue weighted by Gasteiger charge is -2.09. The number of primary amides is 1. The summed E-state index contributed by atoms with van der Waals surface area (Å²) >= 11 is 0. The van der Waals surface area contributed by atoms with E-state index in [2.05, 4.69) is 27.7 Å². The molecule has 0 aromatic heterocycles. The number of carbonyl (C=O) groups is 3. The molecule has 1 aliphatic heterocycles. The summed E-state index contributed by atoms with van der Waals surface area (Å²) in [5, 5.41) is 0. The zero-order valence-corrected chi connectivity index (χ0v) is 12.7. The second-order valence-corrected chi connectivity index (χ2v) is 6.11. The molecular weight excluding hydrogens is 256 g/mol. The van der Waals surface area contributed by atoms with Gasteiger partial charge in [0.2, 0.25) is 0 Å². The highest BCUT2D eigenvalue weighted by Gasteiger charge is 2.40. The second kappa shape index (κ2) is 6.68. The highest BCUT2D eigenvalue weighted by Crippen LogP contribution is 2.29. The van der Waals surface area contributed by atoms with Crippen LogP contribution in [-0.2, 0) is 9.59 Å². The van der Waals surface area contributed by atoms with Crippen LogP contribution in [0.4, 0.5) is 4.79 Å². The van der Waals surface area contributed by atoms with Gasteiger partial charge in [0, 0.05) is 11.1 Å². The topological polar surface area (TPSA) is 80.5 Å². The summed E-state index contributed by atoms with van der Waals surface area (Å²) < 4.78 is 0. The van der Waals surface area contributed by atoms with Crippen LogP contribution < -0.4 is 5.73 Å². The highest BCUT2D eigenvalue weighted by molar-refractivity contribution is 6.26. The molecule has 0 unspecified atom stereocenters. The molecule has 4 amide bonds. The lowest BCUT2D eigenvalue weighted by molar-refractivity contribution is -0.133. The Bertz CT molecular complexity index is 416. The molecule has 5 nitrogen and oxygen atoms in total. The van der Waals surface area contributed by atoms with Crippen molar-refractivity contribution in [3.8, 4) is 0 Å². The molecule has 2 N–H and O–H groups in total. The minimum atomic E-state index is -0.985. The molecule has 0 saturated carbocycles. The second-order valence-electron chi connectivity index (χ2n) is 6.11. The zero-order valence-electron chi connectivity index (χ0n) is 12.7. The fourth-order valence-electron chi connectivity index (χ4n) is 2.20. The van der Waals surface area contributed by atoms with Crippen molar-refractivity contribution in [2.24, 2.45) is 17.6 Å². The lowest BCUT2D eigenvalue weighted by Crippen LogP contribution is -2.41. The van der Waals surface area contributed by atoms with Crippen LogP contribution in [0.3, 0.4) is 0 Å². The molecule has 112 valence electrons. The molecular formula is C15H24N2O3. The van der Waals surface area contributed by atoms with E-state index in [4.69, 9.17) is 5.73 Å². The standard InChI is InChI=1S/C15H24N2O3/c1-9(2)5-7-11-12(8-6-10(3)4)14(19)17(13(11)18)15(16)20/h9-10H,5-8H2,1-4H3,(H2,16,20). The Morgan fingerprint density at radius 2 is 1.30 bits per heavy atom. The predicted molar refractivity (Wildman–Crippen MR) is 76.6 cm³/mol. The van der Waals surface area contributed by atoms with Crippen LogP contribution in [0.5, 0.6) is 0 Å². The number of imide groups is 3. The third-order valence-electron chi connectivity index (χ3n) is 3.45. The number of nitrogens with zero attached hydrogens (tertiary/aromatic N) is 1. The smallest absolute Gasteiger partial charge is 0.328 e. The van der Waals surface area contributed by atoms with Gasteiger partial charge in [-0.15, -0.1) is 0 Å². The molecule has 0 fully saturated rings. The Morgan fingerprint density at radius 3 is 1.55 bits per heavy atom. The van der Waals surface area contributed by atoms with Crippen LogP contribution in [0.15, 0.2) is 11.1 Å². The molecule has 1 aliphatic rings. The summed E-state index contributed by atoms with van der Waals surface area (Å²) in [6, 6.07) is -0.985. The van der Waals surface area contributed by atoms with Crippen molar-refractivity contribution in [1.82, 2.24) is 4.90 Å². The average Bonchev–Trinajstić information content (AvgIpc) is 2.54. The number of carbonyl (C=O) groups excluding carboxylic acids is 3. The SMILES string of the molecule is CC(C)CCC1=C(CCC(C)C)C(=O)N(C(N)=O)C1=O. The maximum atomic E-state index is 12.2. The van der Waals surface area contributed by atoms with Gasteiger partial charge in [0.1, 0.15) is 0 Å². The minimum absolute atomic E-state index is 0.430. The molecule has 0 aliphatic carbocycles. The van der Waals surface area contributed by atoms with Crippen molar-refractivity contribution in [3.63, 3.8) is 0 Å². The van der Waals surface area contributed by atoms with Crippen LogP contribution >= 0.6 is 0 Å². The van der Waals surface area contributed by atoms with Crippen molar-refractivity contribution in [3.05, 3.63) is 11.1 Å². The van der Waals surface area contributed by atoms with E-state index in [1.165, 1.54) is 0 Å². The molecule has 0 atom stereocenters. The van der Waals surface area contributed by atoms with Crippen LogP contribution in [-0.4, -0.2) is 22.7 Å². The van der Waals surface area contributed by atoms with Gasteiger partial charge in [0.15, 0.2) is 0 Å². The quantitative estimate of drug-likeness (QED) is 0.759. The van der Waals surface area contributed by atoms with Crippen LogP contribution in [0.2, 0.25) is 0 Å². The molecule has 20 heavy (non-hydrogen) atoms. The van der Waals surface area contributed by atoms with Gasteiger partial charge in [-0.3, -0.25) is 9.59 Å². The predicted octanol–water partition coefficient (Wildman–Crippen LogP) is 2.60. The van der Waals surface area contributed by atoms with Crippen molar-refractivity contribution in [1.29, 1.82) is 0 Å². The van der Waals surface area contributed by atoms with E-state index in [9.17, 15) is 14.4 Å². The average molecular weight is 280 g/mol. The lowest BCUT2D eigenvalue weighted by atomic mass is 9.95. The fraction of sp³-hybridized carbons (Fsp3) is 0.667. The molecule has 0 saturated heterocycles. The fourth-order valence-corrected chi connectivity index (χ4v) is 2.20. The monoisotopic (exact) mass is 280 g/mol. The van der Waals surface area contributed by atoms with Crippen molar-refractivity contribution in [2.75, 3.05) is 0 Å². The third-order valence-corrected chi connectivity index (χ3v) is 3.45. The summed E-state index contributed by atoms with van der Waals surface area (Å²) in [6.45, 7) is 8.23. The van der Waals surface area contributed by atoms with E-state index in [0.29, 0.717) is 40.7 Å². The van der Waals surface area contributed by atoms with Gasteiger partial charge >= 0.3 is 6.03 Å². The van der Waals surface area contributed by atoms with Gasteiger partial charge in [-0.1, -0.05) is 27.7 Å². The number of urea groups is 1. The largest absolute Gasteiger partial charge is 0.351 e. The third kappa shape index (κ3) is 3.68. The van der Waals surface area contributed by atoms with E-state index in [-0.39, 0.29) is 0 Å². The minimum Gasteiger partial charge on any atom is -0.351 e. The Hall–Kier alpha value is -1.65. The number of nitrogens with two attached hydrogens (primary N) is 1. The van der Waals surface area contributed by atoms with E-state index >= 15 is 0 Å². The number of hydrogen-bond acceptors (Lipinski definition) is 3. The first-order chi connectivity index (χ1) is 9.25. The first-order valence-electron chi connectivity index (χ1n) is 7.15. The summed E-state index contributed by atoms with van der Waals surface area (Å²) in [5.74, 6) is -0.192. The van der Waals surface area contributed by atoms with Crippen LogP contribution in [0, 0.1) is 11.8 Å². The molecule has 5 heteroatoms. The Kier molecular flexibility index (Phi) is 5.48. The van der Waals surface area contributed by atoms with Crippen molar-refractivity contribution in [2.45, 2.75) is 53.4 Å². The van der Waals surface area contributed by atoms with E-state index in [0.717, 1.165) is 12.8 Å². The van der Waals surface area contributed by atoms with Gasteiger partial charge in [0.05, 0.1) is 0 Å². The molecule has 0 aromatic rings. The van der Waals surface area contributed by atoms with E-state index in [1.807, 2.05) is 0 Å². The van der Waals surface area contributed by atoms with Gasteiger partial charge in [-0.25, -0.2) is 4.79 Å². The van der Waals surface area contributed by atoms with Gasteiger partial charge in [-0.05, 0) is 37.5 Å². The number of rotatable bonds is 6. The summed E-state index contributed by atoms with van der Waals surface area (Å²) in [6.07, 6.45) is 2.68. The maximum Gasteiger partial charge on any atom is 0.328 e. The summed E-state index contributed by atoms with van der Waals surface area (Å²) in [5.41, 5.74) is 6.08. The number of hydrogen-bond donors (Lipinski definition) is 1. The Labute approximate surface area is 120 Å². The van der Waals surface area contributed by atoms with E-state index in [1.54, 1.807) is 0 Å². The highest BCUT2D eigenvalue weighted by atomic mass is 16.2. The normalized spacial score (nSPS) is 16.0. The van der Waals surface area contributed by atoms with Crippen molar-refractivity contribution < 1.29 is 14.4 Å². The zero-order chi connectivity index (χ0) is 15.4. The van der Waals surface area contributed by atoms with Gasteiger partial charge < -0.3 is 5.73 Å². The summed E-state index contributed by atoms with van der Waals surface area (Å²) in [7, 11) is 0. The molecule has 1 rings (SSSR count). The van der Waals surface area contributed by atoms with Crippen molar-refractivity contribution >= 4 is 17.8 Å². The Morgan fingerprint density at radius 1 is 0.950 bits per heavy atom. The first kappa shape index (κ1) is 16.4. The maximum absolute atomic E-state index is 12.2. The first-order valence-corrected chi connectivity index (χ1v) is 7.15. The summed E-state index contributed by atoms with van der Waals surface area (Å²) in [4.78, 5) is 36.2. The molecule has 0 aromatic carbocycles. The van der Waals surface area contributed by atoms with E-state index < -0.39 is 17.8 Å². The molecule has 0 radical (unpaired) electrons. The van der Waals surface area contributed by atoms with Crippen LogP contribution in [0.1, 0.15) is 53.4 Å². The van der Waals surface area contributed by atoms with Crippen LogP contribution in [0.25, 0.3) is 0 Å².